The molecule has 1 amide bonds. The van der Waals surface area contributed by atoms with E-state index in [1.807, 2.05) is 12.3 Å². The summed E-state index contributed by atoms with van der Waals surface area (Å²) in [5.41, 5.74) is 2.50. The van der Waals surface area contributed by atoms with Crippen molar-refractivity contribution in [3.05, 3.63) is 71.9 Å². The molecule has 5 rings (SSSR count). The second-order valence-corrected chi connectivity index (χ2v) is 8.91. The molecule has 0 bridgehead atoms. The number of nitrogens with one attached hydrogen (secondary N) is 1. The Bertz CT molecular complexity index is 1100. The van der Waals surface area contributed by atoms with E-state index in [1.54, 1.807) is 30.3 Å². The van der Waals surface area contributed by atoms with E-state index in [-0.39, 0.29) is 28.7 Å². The van der Waals surface area contributed by atoms with Crippen molar-refractivity contribution in [3.8, 4) is 0 Å². The summed E-state index contributed by atoms with van der Waals surface area (Å²) in [6.07, 6.45) is 7.76. The molecule has 1 N–H and O–H groups in total. The minimum Gasteiger partial charge on any atom is -0.323 e. The number of fused-ring (bicyclic) bond motifs is 1. The highest BCUT2D eigenvalue weighted by Crippen LogP contribution is 2.57. The van der Waals surface area contributed by atoms with Gasteiger partial charge in [-0.05, 0) is 91.8 Å². The largest absolute Gasteiger partial charge is 0.323 e. The first-order valence-corrected chi connectivity index (χ1v) is 10.6. The first-order chi connectivity index (χ1) is 14.5. The Balaban J connectivity index is 1.22. The normalized spacial score (nSPS) is 25.8. The van der Waals surface area contributed by atoms with Crippen molar-refractivity contribution in [3.63, 3.8) is 0 Å². The number of rotatable bonds is 3. The lowest BCUT2D eigenvalue weighted by Gasteiger charge is -2.51. The van der Waals surface area contributed by atoms with Gasteiger partial charge >= 0.3 is 0 Å². The van der Waals surface area contributed by atoms with Crippen LogP contribution in [0.1, 0.15) is 50.0 Å². The third-order valence-corrected chi connectivity index (χ3v) is 7.08. The van der Waals surface area contributed by atoms with E-state index in [0.717, 1.165) is 49.4 Å². The summed E-state index contributed by atoms with van der Waals surface area (Å²) < 4.78 is 27.6. The van der Waals surface area contributed by atoms with E-state index in [4.69, 9.17) is 0 Å². The monoisotopic (exact) mass is 406 g/mol. The van der Waals surface area contributed by atoms with Crippen LogP contribution in [0.3, 0.4) is 0 Å². The van der Waals surface area contributed by atoms with E-state index in [9.17, 15) is 13.6 Å². The van der Waals surface area contributed by atoms with Gasteiger partial charge in [0.15, 0.2) is 0 Å². The summed E-state index contributed by atoms with van der Waals surface area (Å²) in [6.45, 7) is 0. The number of nitrogens with zero attached hydrogens (tertiary/aromatic N) is 1. The molecule has 2 aliphatic rings. The zero-order valence-corrected chi connectivity index (χ0v) is 16.7. The van der Waals surface area contributed by atoms with Gasteiger partial charge < -0.3 is 5.32 Å². The van der Waals surface area contributed by atoms with Crippen LogP contribution in [0.4, 0.5) is 14.5 Å². The number of hydrogen-bond acceptors (Lipinski definition) is 2. The van der Waals surface area contributed by atoms with Crippen molar-refractivity contribution < 1.29 is 13.6 Å². The number of halogens is 2. The Labute approximate surface area is 174 Å². The highest BCUT2D eigenvalue weighted by Gasteiger charge is 2.48. The third-order valence-electron chi connectivity index (χ3n) is 7.08. The zero-order chi connectivity index (χ0) is 20.7. The molecule has 154 valence electrons. The van der Waals surface area contributed by atoms with Crippen LogP contribution in [0, 0.1) is 23.0 Å². The number of pyridine rings is 1. The van der Waals surface area contributed by atoms with E-state index in [2.05, 4.69) is 10.3 Å². The molecule has 0 unspecified atom stereocenters. The molecule has 0 radical (unpaired) electrons. The van der Waals surface area contributed by atoms with Crippen LogP contribution in [-0.2, 0) is 4.79 Å². The minimum atomic E-state index is -0.401. The van der Waals surface area contributed by atoms with Crippen LogP contribution in [0.2, 0.25) is 0 Å². The van der Waals surface area contributed by atoms with Crippen LogP contribution in [0.15, 0.2) is 54.7 Å². The molecule has 2 aromatic carbocycles. The maximum absolute atomic E-state index is 13.8. The Kier molecular flexibility index (Phi) is 4.76. The van der Waals surface area contributed by atoms with Crippen molar-refractivity contribution in [2.45, 2.75) is 44.4 Å². The lowest BCUT2D eigenvalue weighted by Crippen LogP contribution is -2.45. The first-order valence-electron chi connectivity index (χ1n) is 10.6. The molecule has 0 saturated heterocycles. The zero-order valence-electron chi connectivity index (χ0n) is 16.7. The van der Waals surface area contributed by atoms with Gasteiger partial charge in [0.2, 0.25) is 5.91 Å². The molecule has 3 nitrogen and oxygen atoms in total. The summed E-state index contributed by atoms with van der Waals surface area (Å²) >= 11 is 0. The number of carbonyl (C=O) groups excluding carboxylic acids is 1. The van der Waals surface area contributed by atoms with Crippen molar-refractivity contribution >= 4 is 22.5 Å². The van der Waals surface area contributed by atoms with E-state index < -0.39 is 5.82 Å². The summed E-state index contributed by atoms with van der Waals surface area (Å²) in [7, 11) is 0. The van der Waals surface area contributed by atoms with Crippen LogP contribution < -0.4 is 5.32 Å². The average Bonchev–Trinajstić information content (AvgIpc) is 2.73. The molecular weight excluding hydrogens is 382 g/mol. The number of amides is 1. The maximum atomic E-state index is 13.8. The van der Waals surface area contributed by atoms with Crippen molar-refractivity contribution in [1.82, 2.24) is 4.98 Å². The summed E-state index contributed by atoms with van der Waals surface area (Å²) in [6, 6.07) is 13.1. The van der Waals surface area contributed by atoms with Gasteiger partial charge in [-0.1, -0.05) is 12.1 Å². The molecule has 1 aromatic heterocycles. The third kappa shape index (κ3) is 3.47. The predicted molar refractivity (Wildman–Crippen MR) is 113 cm³/mol. The second kappa shape index (κ2) is 7.46. The molecular formula is C25H24F2N2O. The van der Waals surface area contributed by atoms with Gasteiger partial charge in [-0.15, -0.1) is 0 Å². The molecule has 2 aliphatic carbocycles. The van der Waals surface area contributed by atoms with Crippen LogP contribution >= 0.6 is 0 Å². The summed E-state index contributed by atoms with van der Waals surface area (Å²) in [5.74, 6) is -0.359. The Morgan fingerprint density at radius 3 is 2.57 bits per heavy atom. The SMILES string of the molecule is O=C(Nc1ccccc1F)C1CC2(CCC(c3ccnc4ccc(F)cc34)CC2)C1. The topological polar surface area (TPSA) is 42.0 Å². The van der Waals surface area contributed by atoms with E-state index in [0.29, 0.717) is 5.92 Å². The van der Waals surface area contributed by atoms with E-state index in [1.165, 1.54) is 17.7 Å². The Hall–Kier alpha value is -2.82. The Morgan fingerprint density at radius 2 is 1.80 bits per heavy atom. The fraction of sp³-hybridized carbons (Fsp3) is 0.360. The van der Waals surface area contributed by atoms with Crippen LogP contribution in [0.5, 0.6) is 0 Å². The highest BCUT2D eigenvalue weighted by atomic mass is 19.1. The van der Waals surface area contributed by atoms with Crippen molar-refractivity contribution in [1.29, 1.82) is 0 Å². The molecule has 2 fully saturated rings. The van der Waals surface area contributed by atoms with Gasteiger partial charge in [0.1, 0.15) is 11.6 Å². The molecule has 2 saturated carbocycles. The van der Waals surface area contributed by atoms with Gasteiger partial charge in [0, 0.05) is 17.5 Å². The lowest BCUT2D eigenvalue weighted by atomic mass is 9.54. The molecule has 5 heteroatoms. The molecule has 3 aromatic rings. The highest BCUT2D eigenvalue weighted by molar-refractivity contribution is 5.93. The fourth-order valence-corrected chi connectivity index (χ4v) is 5.41. The molecule has 1 spiro atoms. The van der Waals surface area contributed by atoms with Gasteiger partial charge in [-0.3, -0.25) is 9.78 Å². The average molecular weight is 406 g/mol. The Morgan fingerprint density at radius 1 is 1.03 bits per heavy atom. The lowest BCUT2D eigenvalue weighted by molar-refractivity contribution is -0.128. The van der Waals surface area contributed by atoms with Gasteiger partial charge in [0.05, 0.1) is 11.2 Å². The van der Waals surface area contributed by atoms with E-state index >= 15 is 0 Å². The molecule has 1 heterocycles. The van der Waals surface area contributed by atoms with Crippen molar-refractivity contribution in [2.75, 3.05) is 5.32 Å². The smallest absolute Gasteiger partial charge is 0.227 e. The molecule has 30 heavy (non-hydrogen) atoms. The van der Waals surface area contributed by atoms with Crippen LogP contribution in [-0.4, -0.2) is 10.9 Å². The van der Waals surface area contributed by atoms with Gasteiger partial charge in [-0.25, -0.2) is 8.78 Å². The number of carbonyl (C=O) groups is 1. The minimum absolute atomic E-state index is 0.0444. The standard InChI is InChI=1S/C25H24F2N2O/c26-18-5-6-22-20(13-18)19(9-12-28-22)16-7-10-25(11-8-16)14-17(15-25)24(30)29-23-4-2-1-3-21(23)27/h1-6,9,12-13,16-17H,7-8,10-11,14-15H2,(H,29,30). The fourth-order valence-electron chi connectivity index (χ4n) is 5.41. The maximum Gasteiger partial charge on any atom is 0.227 e. The second-order valence-electron chi connectivity index (χ2n) is 8.91. The quantitative estimate of drug-likeness (QED) is 0.562. The summed E-state index contributed by atoms with van der Waals surface area (Å²) in [5, 5.41) is 3.65. The molecule has 0 atom stereocenters. The predicted octanol–water partition coefficient (Wildman–Crippen LogP) is 6.21. The number of hydrogen-bond donors (Lipinski definition) is 1. The number of para-hydroxylation sites is 1. The number of anilines is 1. The number of benzene rings is 2. The van der Waals surface area contributed by atoms with Crippen LogP contribution in [0.25, 0.3) is 10.9 Å². The molecule has 0 aliphatic heterocycles. The summed E-state index contributed by atoms with van der Waals surface area (Å²) in [4.78, 5) is 16.9. The van der Waals surface area contributed by atoms with Crippen molar-refractivity contribution in [2.24, 2.45) is 11.3 Å². The first kappa shape index (κ1) is 19.2. The van der Waals surface area contributed by atoms with Gasteiger partial charge in [-0.2, -0.15) is 0 Å². The van der Waals surface area contributed by atoms with Gasteiger partial charge in [0.25, 0.3) is 0 Å². The number of aromatic nitrogens is 1.